The van der Waals surface area contributed by atoms with E-state index >= 15 is 0 Å². The molecule has 0 saturated heterocycles. The van der Waals surface area contributed by atoms with Crippen molar-refractivity contribution in [1.82, 2.24) is 10.2 Å². The zero-order chi connectivity index (χ0) is 23.0. The van der Waals surface area contributed by atoms with Gasteiger partial charge in [0.2, 0.25) is 11.8 Å². The lowest BCUT2D eigenvalue weighted by Gasteiger charge is -2.25. The van der Waals surface area contributed by atoms with Crippen LogP contribution >= 0.6 is 39.1 Å². The number of halogens is 3. The molecule has 1 aliphatic heterocycles. The largest absolute Gasteiger partial charge is 0.493 e. The van der Waals surface area contributed by atoms with Gasteiger partial charge in [0.25, 0.3) is 0 Å². The average molecular weight is 536 g/mol. The zero-order valence-electron chi connectivity index (χ0n) is 17.0. The van der Waals surface area contributed by atoms with E-state index in [1.165, 1.54) is 0 Å². The third kappa shape index (κ3) is 3.99. The number of aromatic nitrogens is 2. The lowest BCUT2D eigenvalue weighted by molar-refractivity contribution is 0.282. The number of hydrogen-bond acceptors (Lipinski definition) is 6. The summed E-state index contributed by atoms with van der Waals surface area (Å²) >= 11 is 15.8. The number of aryl methyl sites for hydroxylation is 1. The van der Waals surface area contributed by atoms with Gasteiger partial charge >= 0.3 is 0 Å². The Morgan fingerprint density at radius 1 is 1.31 bits per heavy atom. The second-order valence-corrected chi connectivity index (χ2v) is 8.75. The second kappa shape index (κ2) is 8.94. The Hall–Kier alpha value is -2.86. The summed E-state index contributed by atoms with van der Waals surface area (Å²) in [4.78, 5) is 0. The molecule has 7 nitrogen and oxygen atoms in total. The minimum absolute atomic E-state index is 0.0179. The normalized spacial score (nSPS) is 15.1. The average Bonchev–Trinajstić information content (AvgIpc) is 3.12. The maximum Gasteiger partial charge on any atom is 0.244 e. The van der Waals surface area contributed by atoms with Crippen molar-refractivity contribution in [3.8, 4) is 23.4 Å². The SMILES string of the molecule is COc1cc(C2C(C#N)=C(N)Oc3n[nH]c(C)c32)cc(Br)c1OCc1ccc(Cl)cc1Cl. The Labute approximate surface area is 202 Å². The van der Waals surface area contributed by atoms with Gasteiger partial charge in [0.1, 0.15) is 18.2 Å². The van der Waals surface area contributed by atoms with Crippen LogP contribution in [0.3, 0.4) is 0 Å². The van der Waals surface area contributed by atoms with Crippen molar-refractivity contribution >= 4 is 39.1 Å². The van der Waals surface area contributed by atoms with Gasteiger partial charge < -0.3 is 19.9 Å². The van der Waals surface area contributed by atoms with Crippen LogP contribution in [0.1, 0.15) is 28.3 Å². The van der Waals surface area contributed by atoms with Gasteiger partial charge in [-0.2, -0.15) is 5.26 Å². The number of fused-ring (bicyclic) bond motifs is 1. The number of rotatable bonds is 5. The molecule has 1 aliphatic rings. The smallest absolute Gasteiger partial charge is 0.244 e. The molecule has 164 valence electrons. The number of aromatic amines is 1. The molecule has 0 aliphatic carbocycles. The number of nitrogens with one attached hydrogen (secondary N) is 1. The first-order chi connectivity index (χ1) is 15.3. The Morgan fingerprint density at radius 2 is 2.09 bits per heavy atom. The zero-order valence-corrected chi connectivity index (χ0v) is 20.1. The number of methoxy groups -OCH3 is 1. The number of nitrogens with two attached hydrogens (primary N) is 1. The van der Waals surface area contributed by atoms with Gasteiger partial charge in [0.15, 0.2) is 11.5 Å². The molecule has 0 saturated carbocycles. The van der Waals surface area contributed by atoms with Crippen molar-refractivity contribution < 1.29 is 14.2 Å². The number of ether oxygens (including phenoxy) is 3. The molecule has 0 fully saturated rings. The topological polar surface area (TPSA) is 106 Å². The maximum atomic E-state index is 9.77. The highest BCUT2D eigenvalue weighted by Crippen LogP contribution is 2.46. The fourth-order valence-electron chi connectivity index (χ4n) is 3.57. The molecular weight excluding hydrogens is 519 g/mol. The molecule has 1 atom stereocenters. The quantitative estimate of drug-likeness (QED) is 0.441. The standard InChI is InChI=1S/C22H17BrCl2N4O3/c1-10-18-19(14(8-26)21(27)32-22(18)29-28-10)12-5-15(23)20(17(6-12)30-2)31-9-11-3-4-13(24)7-16(11)25/h3-7,19H,9,27H2,1-2H3,(H,28,29). The second-order valence-electron chi connectivity index (χ2n) is 7.05. The van der Waals surface area contributed by atoms with E-state index in [1.807, 2.05) is 13.0 Å². The van der Waals surface area contributed by atoms with Gasteiger partial charge in [-0.1, -0.05) is 29.3 Å². The van der Waals surface area contributed by atoms with Crippen LogP contribution in [0.15, 0.2) is 46.3 Å². The van der Waals surface area contributed by atoms with Crippen molar-refractivity contribution in [2.24, 2.45) is 5.73 Å². The number of nitrogens with zero attached hydrogens (tertiary/aromatic N) is 2. The Kier molecular flexibility index (Phi) is 6.24. The fourth-order valence-corrected chi connectivity index (χ4v) is 4.60. The Bertz CT molecular complexity index is 1280. The minimum atomic E-state index is -0.479. The van der Waals surface area contributed by atoms with Crippen LogP contribution in [-0.2, 0) is 6.61 Å². The van der Waals surface area contributed by atoms with Crippen molar-refractivity contribution in [2.45, 2.75) is 19.4 Å². The van der Waals surface area contributed by atoms with Gasteiger partial charge in [0, 0.05) is 26.9 Å². The van der Waals surface area contributed by atoms with E-state index in [1.54, 1.807) is 31.4 Å². The van der Waals surface area contributed by atoms with Crippen LogP contribution in [-0.4, -0.2) is 17.3 Å². The van der Waals surface area contributed by atoms with E-state index in [4.69, 9.17) is 43.1 Å². The summed E-state index contributed by atoms with van der Waals surface area (Å²) in [5.74, 6) is 0.854. The van der Waals surface area contributed by atoms with E-state index in [-0.39, 0.29) is 18.1 Å². The molecule has 2 heterocycles. The predicted molar refractivity (Wildman–Crippen MR) is 124 cm³/mol. The summed E-state index contributed by atoms with van der Waals surface area (Å²) in [7, 11) is 1.54. The van der Waals surface area contributed by atoms with Gasteiger partial charge in [0.05, 0.1) is 17.5 Å². The molecule has 0 radical (unpaired) electrons. The molecule has 3 N–H and O–H groups in total. The first-order valence-corrected chi connectivity index (χ1v) is 11.0. The Morgan fingerprint density at radius 3 is 2.78 bits per heavy atom. The summed E-state index contributed by atoms with van der Waals surface area (Å²) in [5, 5.41) is 17.9. The number of H-pyrrole nitrogens is 1. The van der Waals surface area contributed by atoms with Crippen molar-refractivity contribution in [3.63, 3.8) is 0 Å². The number of allylic oxidation sites excluding steroid dienone is 1. The van der Waals surface area contributed by atoms with E-state index in [9.17, 15) is 5.26 Å². The summed E-state index contributed by atoms with van der Waals surface area (Å²) in [6.45, 7) is 2.07. The molecule has 10 heteroatoms. The van der Waals surface area contributed by atoms with Crippen LogP contribution in [0.5, 0.6) is 17.4 Å². The number of hydrogen-bond donors (Lipinski definition) is 2. The molecule has 2 aromatic carbocycles. The lowest BCUT2D eigenvalue weighted by atomic mass is 9.84. The van der Waals surface area contributed by atoms with Crippen LogP contribution in [0, 0.1) is 18.3 Å². The molecule has 0 spiro atoms. The molecule has 3 aromatic rings. The summed E-state index contributed by atoms with van der Waals surface area (Å²) in [6, 6.07) is 11.0. The third-order valence-corrected chi connectivity index (χ3v) is 6.28. The van der Waals surface area contributed by atoms with Gasteiger partial charge in [-0.15, -0.1) is 5.10 Å². The summed E-state index contributed by atoms with van der Waals surface area (Å²) in [5.41, 5.74) is 9.36. The molecular formula is C22H17BrCl2N4O3. The lowest BCUT2D eigenvalue weighted by Crippen LogP contribution is -2.21. The van der Waals surface area contributed by atoms with Gasteiger partial charge in [-0.05, 0) is 52.7 Å². The molecule has 0 amide bonds. The van der Waals surface area contributed by atoms with E-state index < -0.39 is 5.92 Å². The highest BCUT2D eigenvalue weighted by atomic mass is 79.9. The number of nitriles is 1. The summed E-state index contributed by atoms with van der Waals surface area (Å²) in [6.07, 6.45) is 0. The maximum absolute atomic E-state index is 9.77. The minimum Gasteiger partial charge on any atom is -0.493 e. The number of benzene rings is 2. The van der Waals surface area contributed by atoms with Crippen LogP contribution in [0.4, 0.5) is 0 Å². The monoisotopic (exact) mass is 534 g/mol. The molecule has 0 bridgehead atoms. The first kappa shape index (κ1) is 22.3. The third-order valence-electron chi connectivity index (χ3n) is 5.10. The van der Waals surface area contributed by atoms with E-state index in [0.29, 0.717) is 31.9 Å². The van der Waals surface area contributed by atoms with Crippen molar-refractivity contribution in [1.29, 1.82) is 5.26 Å². The molecule has 4 rings (SSSR count). The summed E-state index contributed by atoms with van der Waals surface area (Å²) < 4.78 is 17.8. The first-order valence-electron chi connectivity index (χ1n) is 9.40. The van der Waals surface area contributed by atoms with E-state index in [0.717, 1.165) is 22.4 Å². The highest BCUT2D eigenvalue weighted by molar-refractivity contribution is 9.10. The molecule has 1 aromatic heterocycles. The highest BCUT2D eigenvalue weighted by Gasteiger charge is 2.35. The van der Waals surface area contributed by atoms with Gasteiger partial charge in [-0.25, -0.2) is 0 Å². The molecule has 1 unspecified atom stereocenters. The predicted octanol–water partition coefficient (Wildman–Crippen LogP) is 5.59. The van der Waals surface area contributed by atoms with Crippen LogP contribution in [0.25, 0.3) is 0 Å². The fraction of sp³-hybridized carbons (Fsp3) is 0.182. The van der Waals surface area contributed by atoms with E-state index in [2.05, 4.69) is 32.2 Å². The van der Waals surface area contributed by atoms with Crippen LogP contribution in [0.2, 0.25) is 10.0 Å². The van der Waals surface area contributed by atoms with Crippen LogP contribution < -0.4 is 19.9 Å². The Balaban J connectivity index is 1.74. The molecule has 32 heavy (non-hydrogen) atoms. The van der Waals surface area contributed by atoms with Gasteiger partial charge in [-0.3, -0.25) is 5.10 Å². The van der Waals surface area contributed by atoms with Crippen molar-refractivity contribution in [3.05, 3.63) is 78.7 Å². The van der Waals surface area contributed by atoms with Crippen molar-refractivity contribution in [2.75, 3.05) is 7.11 Å².